The molecule has 0 saturated heterocycles. The highest BCUT2D eigenvalue weighted by molar-refractivity contribution is 5.78. The molecule has 0 saturated carbocycles. The maximum absolute atomic E-state index is 11.9. The van der Waals surface area contributed by atoms with Crippen molar-refractivity contribution in [3.8, 4) is 11.5 Å². The smallest absolute Gasteiger partial charge is 0.258 e. The molecule has 1 aromatic carbocycles. The Kier molecular flexibility index (Phi) is 7.73. The third-order valence-corrected chi connectivity index (χ3v) is 3.84. The van der Waals surface area contributed by atoms with Crippen molar-refractivity contribution in [2.45, 2.75) is 79.4 Å². The Morgan fingerprint density at radius 1 is 1.00 bits per heavy atom. The summed E-state index contributed by atoms with van der Waals surface area (Å²) >= 11 is 0. The standard InChI is InChI=1S/C22H38N2O3/c1-20(2,3)15-22(7,8)23-13-16-10-11-17(18(12-16)26-9)27-14-19(25)24-21(4,5)6/h10-12,23H,13-15H2,1-9H3,(H,24,25). The van der Waals surface area contributed by atoms with Crippen LogP contribution in [-0.4, -0.2) is 30.7 Å². The normalized spacial score (nSPS) is 12.6. The summed E-state index contributed by atoms with van der Waals surface area (Å²) in [5.74, 6) is 1.05. The van der Waals surface area contributed by atoms with Crippen molar-refractivity contribution in [2.24, 2.45) is 5.41 Å². The van der Waals surface area contributed by atoms with Crippen LogP contribution < -0.4 is 20.1 Å². The molecule has 0 aromatic heterocycles. The largest absolute Gasteiger partial charge is 0.493 e. The van der Waals surface area contributed by atoms with Crippen LogP contribution in [0.1, 0.15) is 67.4 Å². The van der Waals surface area contributed by atoms with Gasteiger partial charge in [0.05, 0.1) is 7.11 Å². The number of carbonyl (C=O) groups excluding carboxylic acids is 1. The van der Waals surface area contributed by atoms with Gasteiger partial charge in [-0.05, 0) is 64.2 Å². The molecule has 1 rings (SSSR count). The Morgan fingerprint density at radius 3 is 2.15 bits per heavy atom. The van der Waals surface area contributed by atoms with Crippen molar-refractivity contribution in [1.82, 2.24) is 10.6 Å². The number of methoxy groups -OCH3 is 1. The Bertz CT molecular complexity index is 625. The zero-order valence-electron chi connectivity index (χ0n) is 18.6. The second kappa shape index (κ2) is 8.96. The van der Waals surface area contributed by atoms with Crippen LogP contribution in [0.4, 0.5) is 0 Å². The van der Waals surface area contributed by atoms with Gasteiger partial charge in [-0.15, -0.1) is 0 Å². The molecule has 0 aliphatic heterocycles. The highest BCUT2D eigenvalue weighted by atomic mass is 16.5. The average molecular weight is 379 g/mol. The summed E-state index contributed by atoms with van der Waals surface area (Å²) in [5.41, 5.74) is 1.13. The molecule has 5 nitrogen and oxygen atoms in total. The van der Waals surface area contributed by atoms with Gasteiger partial charge in [0.2, 0.25) is 0 Å². The van der Waals surface area contributed by atoms with E-state index in [-0.39, 0.29) is 29.0 Å². The first-order valence-electron chi connectivity index (χ1n) is 9.57. The minimum absolute atomic E-state index is 0.0334. The molecule has 1 amide bonds. The van der Waals surface area contributed by atoms with Crippen LogP contribution in [0.15, 0.2) is 18.2 Å². The predicted octanol–water partition coefficient (Wildman–Crippen LogP) is 4.29. The van der Waals surface area contributed by atoms with Gasteiger partial charge in [-0.1, -0.05) is 26.8 Å². The highest BCUT2D eigenvalue weighted by Gasteiger charge is 2.24. The van der Waals surface area contributed by atoms with Crippen molar-refractivity contribution in [2.75, 3.05) is 13.7 Å². The molecule has 0 radical (unpaired) electrons. The average Bonchev–Trinajstić information content (AvgIpc) is 2.47. The Labute approximate surface area is 165 Å². The molecule has 2 N–H and O–H groups in total. The fourth-order valence-electron chi connectivity index (χ4n) is 3.27. The maximum Gasteiger partial charge on any atom is 0.258 e. The van der Waals surface area contributed by atoms with Gasteiger partial charge in [-0.25, -0.2) is 0 Å². The molecule has 0 unspecified atom stereocenters. The molecular formula is C22H38N2O3. The van der Waals surface area contributed by atoms with Crippen molar-refractivity contribution < 1.29 is 14.3 Å². The fourth-order valence-corrected chi connectivity index (χ4v) is 3.27. The van der Waals surface area contributed by atoms with Crippen LogP contribution in [-0.2, 0) is 11.3 Å². The van der Waals surface area contributed by atoms with Gasteiger partial charge in [0.1, 0.15) is 0 Å². The van der Waals surface area contributed by atoms with Crippen LogP contribution in [0, 0.1) is 5.41 Å². The van der Waals surface area contributed by atoms with E-state index in [2.05, 4.69) is 45.3 Å². The van der Waals surface area contributed by atoms with Crippen molar-refractivity contribution in [1.29, 1.82) is 0 Å². The lowest BCUT2D eigenvalue weighted by molar-refractivity contribution is -0.124. The molecule has 154 valence electrons. The first-order chi connectivity index (χ1) is 12.2. The lowest BCUT2D eigenvalue weighted by Crippen LogP contribution is -2.43. The summed E-state index contributed by atoms with van der Waals surface area (Å²) in [7, 11) is 1.61. The lowest BCUT2D eigenvalue weighted by atomic mass is 9.82. The topological polar surface area (TPSA) is 59.6 Å². The molecule has 5 heteroatoms. The van der Waals surface area contributed by atoms with Crippen molar-refractivity contribution >= 4 is 5.91 Å². The van der Waals surface area contributed by atoms with Crippen molar-refractivity contribution in [3.63, 3.8) is 0 Å². The molecule has 0 aliphatic rings. The van der Waals surface area contributed by atoms with E-state index < -0.39 is 0 Å². The number of hydrogen-bond acceptors (Lipinski definition) is 4. The van der Waals surface area contributed by atoms with E-state index in [0.717, 1.165) is 18.5 Å². The maximum atomic E-state index is 11.9. The van der Waals surface area contributed by atoms with Crippen LogP contribution in [0.5, 0.6) is 11.5 Å². The molecular weight excluding hydrogens is 340 g/mol. The van der Waals surface area contributed by atoms with Gasteiger partial charge in [-0.2, -0.15) is 0 Å². The van der Waals surface area contributed by atoms with Crippen LogP contribution in [0.25, 0.3) is 0 Å². The first kappa shape index (κ1) is 23.3. The van der Waals surface area contributed by atoms with E-state index in [0.29, 0.717) is 11.5 Å². The molecule has 0 atom stereocenters. The zero-order valence-corrected chi connectivity index (χ0v) is 18.6. The second-order valence-corrected chi connectivity index (χ2v) is 10.0. The van der Waals surface area contributed by atoms with Gasteiger partial charge >= 0.3 is 0 Å². The number of ether oxygens (including phenoxy) is 2. The fraction of sp³-hybridized carbons (Fsp3) is 0.682. The summed E-state index contributed by atoms with van der Waals surface area (Å²) in [5, 5.41) is 6.50. The number of amides is 1. The third kappa shape index (κ3) is 9.66. The van der Waals surface area contributed by atoms with Gasteiger partial charge in [0.15, 0.2) is 18.1 Å². The minimum atomic E-state index is -0.278. The van der Waals surface area contributed by atoms with E-state index in [1.165, 1.54) is 0 Å². The molecule has 27 heavy (non-hydrogen) atoms. The van der Waals surface area contributed by atoms with Crippen LogP contribution in [0.3, 0.4) is 0 Å². The molecule has 0 aliphatic carbocycles. The van der Waals surface area contributed by atoms with E-state index in [9.17, 15) is 4.79 Å². The molecule has 1 aromatic rings. The highest BCUT2D eigenvalue weighted by Crippen LogP contribution is 2.30. The van der Waals surface area contributed by atoms with E-state index in [1.807, 2.05) is 39.0 Å². The Morgan fingerprint density at radius 2 is 1.63 bits per heavy atom. The van der Waals surface area contributed by atoms with Crippen LogP contribution >= 0.6 is 0 Å². The number of rotatable bonds is 8. The zero-order chi connectivity index (χ0) is 20.9. The van der Waals surface area contributed by atoms with Crippen molar-refractivity contribution in [3.05, 3.63) is 23.8 Å². The summed E-state index contributed by atoms with van der Waals surface area (Å²) in [6.07, 6.45) is 1.07. The second-order valence-electron chi connectivity index (χ2n) is 10.0. The van der Waals surface area contributed by atoms with Gasteiger partial charge in [0.25, 0.3) is 5.91 Å². The summed E-state index contributed by atoms with van der Waals surface area (Å²) < 4.78 is 11.1. The predicted molar refractivity (Wildman–Crippen MR) is 111 cm³/mol. The number of hydrogen-bond donors (Lipinski definition) is 2. The van der Waals surface area contributed by atoms with Crippen LogP contribution in [0.2, 0.25) is 0 Å². The lowest BCUT2D eigenvalue weighted by Gasteiger charge is -2.33. The molecule has 0 fully saturated rings. The van der Waals surface area contributed by atoms with E-state index in [1.54, 1.807) is 7.11 Å². The summed E-state index contributed by atoms with van der Waals surface area (Å²) in [6.45, 7) is 17.7. The molecule has 0 heterocycles. The monoisotopic (exact) mass is 378 g/mol. The quantitative estimate of drug-likeness (QED) is 0.708. The summed E-state index contributed by atoms with van der Waals surface area (Å²) in [4.78, 5) is 11.9. The van der Waals surface area contributed by atoms with E-state index >= 15 is 0 Å². The number of nitrogens with one attached hydrogen (secondary N) is 2. The van der Waals surface area contributed by atoms with E-state index in [4.69, 9.17) is 9.47 Å². The summed E-state index contributed by atoms with van der Waals surface area (Å²) in [6, 6.07) is 5.81. The third-order valence-electron chi connectivity index (χ3n) is 3.84. The molecule has 0 bridgehead atoms. The Balaban J connectivity index is 2.70. The van der Waals surface area contributed by atoms with Gasteiger partial charge < -0.3 is 20.1 Å². The van der Waals surface area contributed by atoms with Gasteiger partial charge in [0, 0.05) is 17.6 Å². The molecule has 0 spiro atoms. The number of benzene rings is 1. The Hall–Kier alpha value is -1.75. The SMILES string of the molecule is COc1cc(CNC(C)(C)CC(C)(C)C)ccc1OCC(=O)NC(C)(C)C. The first-order valence-corrected chi connectivity index (χ1v) is 9.57. The minimum Gasteiger partial charge on any atom is -0.493 e. The van der Waals surface area contributed by atoms with Gasteiger partial charge in [-0.3, -0.25) is 4.79 Å². The number of carbonyl (C=O) groups is 1.